The van der Waals surface area contributed by atoms with Crippen LogP contribution in [0.1, 0.15) is 5.56 Å². The number of ether oxygens (including phenoxy) is 1. The lowest BCUT2D eigenvalue weighted by atomic mass is 10.0. The summed E-state index contributed by atoms with van der Waals surface area (Å²) in [5.41, 5.74) is 0.428. The number of carboxylic acid groups (broad SMARTS) is 1. The number of hydrogen-bond donors (Lipinski definition) is 1. The van der Waals surface area contributed by atoms with Gasteiger partial charge in [-0.05, 0) is 17.0 Å². The van der Waals surface area contributed by atoms with Crippen molar-refractivity contribution in [2.75, 3.05) is 0 Å². The van der Waals surface area contributed by atoms with Crippen LogP contribution in [0, 0.1) is 0 Å². The first kappa shape index (κ1) is 12.3. The first-order valence-corrected chi connectivity index (χ1v) is 5.24. The molecule has 0 radical (unpaired) electrons. The number of aliphatic carboxylic acids is 1. The summed E-state index contributed by atoms with van der Waals surface area (Å²) in [5, 5.41) is 9.93. The van der Waals surface area contributed by atoms with E-state index in [1.807, 2.05) is 0 Å². The van der Waals surface area contributed by atoms with Gasteiger partial charge in [-0.1, -0.05) is 30.3 Å². The molecule has 0 heterocycles. The maximum absolute atomic E-state index is 12.3. The Kier molecular flexibility index (Phi) is 3.41. The van der Waals surface area contributed by atoms with Gasteiger partial charge in [-0.2, -0.15) is 8.78 Å². The van der Waals surface area contributed by atoms with Crippen LogP contribution in [0.2, 0.25) is 0 Å². The van der Waals surface area contributed by atoms with Gasteiger partial charge in [0.2, 0.25) is 0 Å². The Balaban J connectivity index is 2.53. The summed E-state index contributed by atoms with van der Waals surface area (Å²) in [6.45, 7) is -2.94. The molecule has 0 aliphatic rings. The normalized spacial score (nSPS) is 10.8. The third-order valence-electron chi connectivity index (χ3n) is 2.46. The van der Waals surface area contributed by atoms with Crippen molar-refractivity contribution < 1.29 is 23.4 Å². The summed E-state index contributed by atoms with van der Waals surface area (Å²) in [5.74, 6) is -1.02. The molecule has 18 heavy (non-hydrogen) atoms. The highest BCUT2D eigenvalue weighted by Crippen LogP contribution is 2.29. The third kappa shape index (κ3) is 2.74. The SMILES string of the molecule is O=C(O)Cc1cc(OC(F)F)c2ccccc2c1. The first-order valence-electron chi connectivity index (χ1n) is 5.24. The van der Waals surface area contributed by atoms with Gasteiger partial charge in [-0.3, -0.25) is 4.79 Å². The van der Waals surface area contributed by atoms with Crippen LogP contribution in [0.3, 0.4) is 0 Å². The lowest BCUT2D eigenvalue weighted by molar-refractivity contribution is -0.136. The lowest BCUT2D eigenvalue weighted by Crippen LogP contribution is -2.05. The van der Waals surface area contributed by atoms with Gasteiger partial charge in [0.25, 0.3) is 0 Å². The number of hydrogen-bond acceptors (Lipinski definition) is 2. The molecule has 0 bridgehead atoms. The van der Waals surface area contributed by atoms with Crippen LogP contribution >= 0.6 is 0 Å². The minimum atomic E-state index is -2.94. The van der Waals surface area contributed by atoms with Crippen molar-refractivity contribution in [3.8, 4) is 5.75 Å². The van der Waals surface area contributed by atoms with E-state index in [1.165, 1.54) is 6.07 Å². The van der Waals surface area contributed by atoms with E-state index in [0.29, 0.717) is 16.3 Å². The first-order chi connectivity index (χ1) is 8.56. The molecule has 0 spiro atoms. The molecule has 2 aromatic carbocycles. The fourth-order valence-corrected chi connectivity index (χ4v) is 1.80. The molecule has 0 amide bonds. The van der Waals surface area contributed by atoms with Gasteiger partial charge in [0.1, 0.15) is 5.75 Å². The van der Waals surface area contributed by atoms with Crippen molar-refractivity contribution in [1.29, 1.82) is 0 Å². The van der Waals surface area contributed by atoms with Gasteiger partial charge >= 0.3 is 12.6 Å². The second-order valence-electron chi connectivity index (χ2n) is 3.76. The van der Waals surface area contributed by atoms with Crippen LogP contribution in [0.25, 0.3) is 10.8 Å². The topological polar surface area (TPSA) is 46.5 Å². The summed E-state index contributed by atoms with van der Waals surface area (Å²) in [7, 11) is 0. The lowest BCUT2D eigenvalue weighted by Gasteiger charge is -2.10. The van der Waals surface area contributed by atoms with Crippen LogP contribution in [0.15, 0.2) is 36.4 Å². The highest BCUT2D eigenvalue weighted by molar-refractivity contribution is 5.89. The molecule has 0 aromatic heterocycles. The smallest absolute Gasteiger partial charge is 0.387 e. The quantitative estimate of drug-likeness (QED) is 0.909. The van der Waals surface area contributed by atoms with Gasteiger partial charge in [-0.15, -0.1) is 0 Å². The molecule has 2 aromatic rings. The van der Waals surface area contributed by atoms with Gasteiger partial charge < -0.3 is 9.84 Å². The number of rotatable bonds is 4. The van der Waals surface area contributed by atoms with E-state index in [1.54, 1.807) is 30.3 Å². The van der Waals surface area contributed by atoms with Crippen molar-refractivity contribution in [2.45, 2.75) is 13.0 Å². The average Bonchev–Trinajstić information content (AvgIpc) is 2.27. The second-order valence-corrected chi connectivity index (χ2v) is 3.76. The molecule has 0 fully saturated rings. The van der Waals surface area contributed by atoms with E-state index in [9.17, 15) is 13.6 Å². The molecular weight excluding hydrogens is 242 g/mol. The monoisotopic (exact) mass is 252 g/mol. The zero-order valence-corrected chi connectivity index (χ0v) is 9.27. The summed E-state index contributed by atoms with van der Waals surface area (Å²) in [4.78, 5) is 10.6. The van der Waals surface area contributed by atoms with E-state index in [2.05, 4.69) is 4.74 Å². The number of carboxylic acids is 1. The van der Waals surface area contributed by atoms with E-state index >= 15 is 0 Å². The number of alkyl halides is 2. The zero-order chi connectivity index (χ0) is 13.1. The minimum Gasteiger partial charge on any atom is -0.481 e. The summed E-state index contributed by atoms with van der Waals surface area (Å²) < 4.78 is 29.0. The predicted octanol–water partition coefficient (Wildman–Crippen LogP) is 3.07. The maximum Gasteiger partial charge on any atom is 0.387 e. The second kappa shape index (κ2) is 5.00. The number of carbonyl (C=O) groups is 1. The fourth-order valence-electron chi connectivity index (χ4n) is 1.80. The molecule has 2 rings (SSSR count). The molecule has 3 nitrogen and oxygen atoms in total. The molecular formula is C13H10F2O3. The number of halogens is 2. The largest absolute Gasteiger partial charge is 0.481 e. The van der Waals surface area contributed by atoms with Crippen molar-refractivity contribution in [2.24, 2.45) is 0 Å². The highest BCUT2D eigenvalue weighted by Gasteiger charge is 2.11. The molecule has 94 valence electrons. The summed E-state index contributed by atoms with van der Waals surface area (Å²) >= 11 is 0. The van der Waals surface area contributed by atoms with Gasteiger partial charge in [0.15, 0.2) is 0 Å². The number of fused-ring (bicyclic) bond motifs is 1. The fraction of sp³-hybridized carbons (Fsp3) is 0.154. The van der Waals surface area contributed by atoms with Crippen LogP contribution in [0.5, 0.6) is 5.75 Å². The van der Waals surface area contributed by atoms with Crippen LogP contribution < -0.4 is 4.74 Å². The Morgan fingerprint density at radius 2 is 2.00 bits per heavy atom. The van der Waals surface area contributed by atoms with Crippen molar-refractivity contribution in [3.05, 3.63) is 42.0 Å². The molecule has 1 N–H and O–H groups in total. The molecule has 0 atom stereocenters. The molecule has 0 aliphatic carbocycles. The van der Waals surface area contributed by atoms with Crippen LogP contribution in [-0.4, -0.2) is 17.7 Å². The van der Waals surface area contributed by atoms with Crippen LogP contribution in [-0.2, 0) is 11.2 Å². The van der Waals surface area contributed by atoms with Crippen molar-refractivity contribution in [3.63, 3.8) is 0 Å². The average molecular weight is 252 g/mol. The van der Waals surface area contributed by atoms with E-state index in [0.717, 1.165) is 0 Å². The number of benzene rings is 2. The summed E-state index contributed by atoms with van der Waals surface area (Å²) in [6, 6.07) is 9.82. The zero-order valence-electron chi connectivity index (χ0n) is 9.27. The van der Waals surface area contributed by atoms with Gasteiger partial charge in [0, 0.05) is 5.39 Å². The summed E-state index contributed by atoms with van der Waals surface area (Å²) in [6.07, 6.45) is -0.232. The molecule has 0 unspecified atom stereocenters. The van der Waals surface area contributed by atoms with E-state index < -0.39 is 12.6 Å². The third-order valence-corrected chi connectivity index (χ3v) is 2.46. The van der Waals surface area contributed by atoms with E-state index in [4.69, 9.17) is 5.11 Å². The Morgan fingerprint density at radius 3 is 2.67 bits per heavy atom. The molecule has 0 saturated heterocycles. The predicted molar refractivity (Wildman–Crippen MR) is 61.9 cm³/mol. The molecule has 5 heteroatoms. The standard InChI is InChI=1S/C13H10F2O3/c14-13(15)18-11-6-8(7-12(16)17)5-9-3-1-2-4-10(9)11/h1-6,13H,7H2,(H,16,17). The minimum absolute atomic E-state index is 0.000602. The van der Waals surface area contributed by atoms with Gasteiger partial charge in [0.05, 0.1) is 6.42 Å². The Hall–Kier alpha value is -2.17. The Morgan fingerprint density at radius 1 is 1.28 bits per heavy atom. The van der Waals surface area contributed by atoms with Crippen LogP contribution in [0.4, 0.5) is 8.78 Å². The Bertz CT molecular complexity index is 581. The Labute approximate surface area is 102 Å². The maximum atomic E-state index is 12.3. The van der Waals surface area contributed by atoms with Gasteiger partial charge in [-0.25, -0.2) is 0 Å². The highest BCUT2D eigenvalue weighted by atomic mass is 19.3. The van der Waals surface area contributed by atoms with E-state index in [-0.39, 0.29) is 12.2 Å². The molecule has 0 saturated carbocycles. The van der Waals surface area contributed by atoms with Crippen molar-refractivity contribution in [1.82, 2.24) is 0 Å². The van der Waals surface area contributed by atoms with Crippen molar-refractivity contribution >= 4 is 16.7 Å². The molecule has 0 aliphatic heterocycles.